The van der Waals surface area contributed by atoms with E-state index in [2.05, 4.69) is 43.7 Å². The van der Waals surface area contributed by atoms with Crippen LogP contribution in [0.1, 0.15) is 36.4 Å². The third-order valence-electron chi connectivity index (χ3n) is 5.03. The Kier molecular flexibility index (Phi) is 4.50. The van der Waals surface area contributed by atoms with Crippen molar-refractivity contribution >= 4 is 12.0 Å². The van der Waals surface area contributed by atoms with E-state index in [0.717, 1.165) is 44.7 Å². The molecule has 1 saturated heterocycles. The maximum absolute atomic E-state index is 12.4. The van der Waals surface area contributed by atoms with Crippen LogP contribution in [0.5, 0.6) is 0 Å². The summed E-state index contributed by atoms with van der Waals surface area (Å²) >= 11 is 0. The predicted molar refractivity (Wildman–Crippen MR) is 96.4 cm³/mol. The largest absolute Gasteiger partial charge is 0.339 e. The van der Waals surface area contributed by atoms with Crippen LogP contribution in [0.25, 0.3) is 0 Å². The van der Waals surface area contributed by atoms with Crippen LogP contribution in [0.3, 0.4) is 0 Å². The Hall–Kier alpha value is -2.63. The number of benzene rings is 1. The van der Waals surface area contributed by atoms with Gasteiger partial charge in [0.1, 0.15) is 0 Å². The van der Waals surface area contributed by atoms with Crippen molar-refractivity contribution in [1.29, 1.82) is 0 Å². The van der Waals surface area contributed by atoms with E-state index in [9.17, 15) is 4.79 Å². The molecule has 0 bridgehead atoms. The van der Waals surface area contributed by atoms with Crippen molar-refractivity contribution in [3.8, 4) is 0 Å². The molecule has 0 saturated carbocycles. The Morgan fingerprint density at radius 3 is 2.80 bits per heavy atom. The van der Waals surface area contributed by atoms with E-state index in [0.29, 0.717) is 0 Å². The summed E-state index contributed by atoms with van der Waals surface area (Å²) in [7, 11) is 0. The van der Waals surface area contributed by atoms with Gasteiger partial charge in [0.05, 0.1) is 6.04 Å². The van der Waals surface area contributed by atoms with Crippen molar-refractivity contribution in [1.82, 2.24) is 20.6 Å². The molecule has 1 fully saturated rings. The minimum Gasteiger partial charge on any atom is -0.339 e. The molecule has 0 spiro atoms. The van der Waals surface area contributed by atoms with Crippen LogP contribution in [0.2, 0.25) is 0 Å². The molecule has 2 amide bonds. The summed E-state index contributed by atoms with van der Waals surface area (Å²) in [5.41, 5.74) is 2.60. The number of carbonyl (C=O) groups is 1. The second kappa shape index (κ2) is 7.09. The fourth-order valence-electron chi connectivity index (χ4n) is 3.82. The molecule has 6 nitrogen and oxygen atoms in total. The molecule has 4 rings (SSSR count). The summed E-state index contributed by atoms with van der Waals surface area (Å²) < 4.78 is 0. The molecule has 2 aliphatic rings. The van der Waals surface area contributed by atoms with Crippen LogP contribution in [0.4, 0.5) is 10.7 Å². The number of anilines is 1. The minimum absolute atomic E-state index is 0.0810. The molecule has 2 aromatic rings. The number of amides is 2. The standard InChI is InChI=1S/C19H23N5O/c25-19(23-17-9-8-14-5-1-2-7-16(14)17)22-15-6-3-12-24(13-15)18-20-10-4-11-21-18/h1-2,4-5,7,10-11,15,17H,3,6,8-9,12-13H2,(H2,22,23,25)/t15-,17-/m1/s1. The summed E-state index contributed by atoms with van der Waals surface area (Å²) in [5, 5.41) is 6.27. The Morgan fingerprint density at radius 2 is 1.92 bits per heavy atom. The first-order valence-electron chi connectivity index (χ1n) is 8.96. The molecular formula is C19H23N5O. The van der Waals surface area contributed by atoms with Gasteiger partial charge < -0.3 is 15.5 Å². The van der Waals surface area contributed by atoms with Crippen LogP contribution in [-0.4, -0.2) is 35.1 Å². The van der Waals surface area contributed by atoms with Gasteiger partial charge in [0.2, 0.25) is 5.95 Å². The van der Waals surface area contributed by atoms with Gasteiger partial charge in [0.25, 0.3) is 0 Å². The summed E-state index contributed by atoms with van der Waals surface area (Å²) in [6.45, 7) is 1.68. The lowest BCUT2D eigenvalue weighted by Gasteiger charge is -2.33. The first-order valence-corrected chi connectivity index (χ1v) is 8.96. The highest BCUT2D eigenvalue weighted by Crippen LogP contribution is 2.30. The molecule has 0 radical (unpaired) electrons. The summed E-state index contributed by atoms with van der Waals surface area (Å²) in [5.74, 6) is 0.735. The van der Waals surface area contributed by atoms with Crippen molar-refractivity contribution in [2.45, 2.75) is 37.8 Å². The molecule has 2 heterocycles. The van der Waals surface area contributed by atoms with Gasteiger partial charge in [-0.15, -0.1) is 0 Å². The van der Waals surface area contributed by atoms with E-state index in [1.165, 1.54) is 11.1 Å². The molecular weight excluding hydrogens is 314 g/mol. The summed E-state index contributed by atoms with van der Waals surface area (Å²) in [4.78, 5) is 23.2. The van der Waals surface area contributed by atoms with Crippen molar-refractivity contribution in [2.75, 3.05) is 18.0 Å². The topological polar surface area (TPSA) is 70.2 Å². The summed E-state index contributed by atoms with van der Waals surface area (Å²) in [6.07, 6.45) is 7.52. The van der Waals surface area contributed by atoms with E-state index < -0.39 is 0 Å². The lowest BCUT2D eigenvalue weighted by atomic mass is 10.1. The van der Waals surface area contributed by atoms with Crippen LogP contribution in [0.15, 0.2) is 42.7 Å². The number of urea groups is 1. The first kappa shape index (κ1) is 15.9. The van der Waals surface area contributed by atoms with Crippen LogP contribution < -0.4 is 15.5 Å². The van der Waals surface area contributed by atoms with Gasteiger partial charge in [-0.1, -0.05) is 24.3 Å². The lowest BCUT2D eigenvalue weighted by Crippen LogP contribution is -2.51. The van der Waals surface area contributed by atoms with E-state index in [1.54, 1.807) is 12.4 Å². The number of fused-ring (bicyclic) bond motifs is 1. The second-order valence-corrected chi connectivity index (χ2v) is 6.74. The van der Waals surface area contributed by atoms with Crippen molar-refractivity contribution in [3.05, 3.63) is 53.9 Å². The van der Waals surface area contributed by atoms with Crippen LogP contribution in [0, 0.1) is 0 Å². The van der Waals surface area contributed by atoms with Gasteiger partial charge in [-0.3, -0.25) is 0 Å². The van der Waals surface area contributed by atoms with Crippen molar-refractivity contribution in [3.63, 3.8) is 0 Å². The number of aryl methyl sites for hydroxylation is 1. The molecule has 1 aliphatic carbocycles. The lowest BCUT2D eigenvalue weighted by molar-refractivity contribution is 0.231. The minimum atomic E-state index is -0.0810. The third kappa shape index (κ3) is 3.57. The third-order valence-corrected chi connectivity index (χ3v) is 5.03. The Morgan fingerprint density at radius 1 is 1.08 bits per heavy atom. The molecule has 0 unspecified atom stereocenters. The molecule has 2 atom stereocenters. The number of rotatable bonds is 3. The number of hydrogen-bond acceptors (Lipinski definition) is 4. The van der Waals surface area contributed by atoms with E-state index in [1.807, 2.05) is 12.1 Å². The SMILES string of the molecule is O=C(N[C@@H]1CCCN(c2ncccn2)C1)N[C@@H]1CCc2ccccc21. The molecule has 130 valence electrons. The zero-order valence-electron chi connectivity index (χ0n) is 14.2. The van der Waals surface area contributed by atoms with E-state index in [-0.39, 0.29) is 18.1 Å². The summed E-state index contributed by atoms with van der Waals surface area (Å²) in [6, 6.07) is 10.3. The van der Waals surface area contributed by atoms with Crippen molar-refractivity contribution < 1.29 is 4.79 Å². The Balaban J connectivity index is 1.34. The number of hydrogen-bond donors (Lipinski definition) is 2. The zero-order valence-corrected chi connectivity index (χ0v) is 14.2. The molecule has 1 aromatic carbocycles. The average Bonchev–Trinajstić information content (AvgIpc) is 3.06. The number of carbonyl (C=O) groups excluding carboxylic acids is 1. The Bertz CT molecular complexity index is 736. The molecule has 6 heteroatoms. The van der Waals surface area contributed by atoms with Gasteiger partial charge >= 0.3 is 6.03 Å². The maximum atomic E-state index is 12.4. The van der Waals surface area contributed by atoms with Gasteiger partial charge in [0.15, 0.2) is 0 Å². The second-order valence-electron chi connectivity index (χ2n) is 6.74. The van der Waals surface area contributed by atoms with E-state index >= 15 is 0 Å². The zero-order chi connectivity index (χ0) is 17.1. The highest BCUT2D eigenvalue weighted by molar-refractivity contribution is 5.75. The molecule has 25 heavy (non-hydrogen) atoms. The van der Waals surface area contributed by atoms with Crippen LogP contribution >= 0.6 is 0 Å². The predicted octanol–water partition coefficient (Wildman–Crippen LogP) is 2.43. The molecule has 1 aromatic heterocycles. The van der Waals surface area contributed by atoms with Crippen LogP contribution in [-0.2, 0) is 6.42 Å². The van der Waals surface area contributed by atoms with Gasteiger partial charge in [-0.2, -0.15) is 0 Å². The normalized spacial score (nSPS) is 22.3. The fraction of sp³-hybridized carbons (Fsp3) is 0.421. The van der Waals surface area contributed by atoms with Crippen molar-refractivity contribution in [2.24, 2.45) is 0 Å². The molecule has 1 aliphatic heterocycles. The maximum Gasteiger partial charge on any atom is 0.315 e. The highest BCUT2D eigenvalue weighted by Gasteiger charge is 2.26. The van der Waals surface area contributed by atoms with Gasteiger partial charge in [-0.25, -0.2) is 14.8 Å². The quantitative estimate of drug-likeness (QED) is 0.902. The monoisotopic (exact) mass is 337 g/mol. The van der Waals surface area contributed by atoms with Gasteiger partial charge in [-0.05, 0) is 42.9 Å². The first-order chi connectivity index (χ1) is 12.3. The van der Waals surface area contributed by atoms with E-state index in [4.69, 9.17) is 0 Å². The highest BCUT2D eigenvalue weighted by atomic mass is 16.2. The number of piperidine rings is 1. The number of nitrogens with one attached hydrogen (secondary N) is 2. The smallest absolute Gasteiger partial charge is 0.315 e. The number of aromatic nitrogens is 2. The molecule has 2 N–H and O–H groups in total. The fourth-order valence-corrected chi connectivity index (χ4v) is 3.82. The average molecular weight is 337 g/mol. The van der Waals surface area contributed by atoms with Gasteiger partial charge in [0, 0.05) is 31.5 Å². The number of nitrogens with zero attached hydrogens (tertiary/aromatic N) is 3. The Labute approximate surface area is 147 Å².